The van der Waals surface area contributed by atoms with Crippen LogP contribution in [0, 0.1) is 0 Å². The molecule has 1 heterocycles. The molecule has 0 amide bonds. The topological polar surface area (TPSA) is 90.7 Å². The van der Waals surface area contributed by atoms with Crippen LogP contribution in [0.4, 0.5) is 5.69 Å². The lowest BCUT2D eigenvalue weighted by atomic mass is 10.3. The van der Waals surface area contributed by atoms with Crippen LogP contribution in [0.2, 0.25) is 10.0 Å². The van der Waals surface area contributed by atoms with Gasteiger partial charge < -0.3 is 9.79 Å². The highest BCUT2D eigenvalue weighted by Crippen LogP contribution is 2.43. The number of thiazole rings is 1. The van der Waals surface area contributed by atoms with Gasteiger partial charge in [0.2, 0.25) is 0 Å². The molecule has 24 heavy (non-hydrogen) atoms. The quantitative estimate of drug-likeness (QED) is 0.619. The summed E-state index contributed by atoms with van der Waals surface area (Å²) in [5.74, 6) is 0. The molecule has 1 aromatic heterocycles. The zero-order valence-corrected chi connectivity index (χ0v) is 15.7. The summed E-state index contributed by atoms with van der Waals surface area (Å²) in [6.45, 7) is 0. The molecule has 126 valence electrons. The third kappa shape index (κ3) is 3.36. The van der Waals surface area contributed by atoms with Gasteiger partial charge >= 0.3 is 0 Å². The molecule has 2 N–H and O–H groups in total. The summed E-state index contributed by atoms with van der Waals surface area (Å²) in [7, 11) is -7.24. The Kier molecular flexibility index (Phi) is 4.99. The number of sulfonamides is 1. The zero-order valence-electron chi connectivity index (χ0n) is 11.7. The maximum absolute atomic E-state index is 12.8. The molecule has 3 rings (SSSR count). The molecule has 0 fully saturated rings. The van der Waals surface area contributed by atoms with Crippen molar-refractivity contribution in [2.24, 2.45) is 0 Å². The Labute approximate surface area is 152 Å². The predicted molar refractivity (Wildman–Crippen MR) is 97.1 cm³/mol. The largest absolute Gasteiger partial charge is 0.333 e. The van der Waals surface area contributed by atoms with Crippen LogP contribution in [-0.2, 0) is 10.0 Å². The highest BCUT2D eigenvalue weighted by atomic mass is 35.5. The van der Waals surface area contributed by atoms with Crippen LogP contribution in [0.5, 0.6) is 0 Å². The zero-order chi connectivity index (χ0) is 17.5. The maximum atomic E-state index is 12.8. The second-order valence-corrected chi connectivity index (χ2v) is 9.38. The molecule has 3 aromatic rings. The number of anilines is 1. The minimum Gasteiger partial charge on any atom is -0.333 e. The number of aromatic nitrogens is 1. The van der Waals surface area contributed by atoms with Crippen LogP contribution in [-0.4, -0.2) is 23.2 Å². The van der Waals surface area contributed by atoms with Crippen molar-refractivity contribution in [3.63, 3.8) is 0 Å². The standard InChI is InChI=1S/C13H9Cl2N2O4PS2/c14-8-3-9(15)5-11(4-8)24(20,21)17(22(18)19)10-1-2-12-13(6-10)23-7-16-12/h1-7,18-19H. The second-order valence-electron chi connectivity index (χ2n) is 4.63. The Balaban J connectivity index is 2.16. The number of nitrogens with zero attached hydrogens (tertiary/aromatic N) is 2. The van der Waals surface area contributed by atoms with Crippen molar-refractivity contribution in [1.29, 1.82) is 0 Å². The van der Waals surface area contributed by atoms with Crippen LogP contribution < -0.4 is 4.08 Å². The number of halogens is 2. The van der Waals surface area contributed by atoms with E-state index in [9.17, 15) is 18.2 Å². The lowest BCUT2D eigenvalue weighted by Gasteiger charge is -2.24. The SMILES string of the molecule is O=S(=O)(c1cc(Cl)cc(Cl)c1)N(c1ccc2ncsc2c1)P(O)O. The molecule has 0 saturated carbocycles. The van der Waals surface area contributed by atoms with Gasteiger partial charge in [-0.1, -0.05) is 23.2 Å². The summed E-state index contributed by atoms with van der Waals surface area (Å²) in [6, 6.07) is 8.36. The van der Waals surface area contributed by atoms with Crippen molar-refractivity contribution in [2.45, 2.75) is 4.90 Å². The summed E-state index contributed by atoms with van der Waals surface area (Å²) < 4.78 is 27.0. The van der Waals surface area contributed by atoms with Crippen molar-refractivity contribution < 1.29 is 18.2 Å². The van der Waals surface area contributed by atoms with E-state index in [2.05, 4.69) is 4.98 Å². The first kappa shape index (κ1) is 17.8. The highest BCUT2D eigenvalue weighted by molar-refractivity contribution is 7.98. The number of rotatable bonds is 4. The van der Waals surface area contributed by atoms with Crippen LogP contribution in [0.25, 0.3) is 10.2 Å². The van der Waals surface area contributed by atoms with Crippen LogP contribution >= 0.6 is 43.1 Å². The first-order chi connectivity index (χ1) is 11.3. The molecule has 0 aliphatic heterocycles. The molecule has 2 aromatic carbocycles. The molecule has 0 spiro atoms. The molecule has 0 bridgehead atoms. The van der Waals surface area contributed by atoms with Crippen LogP contribution in [0.3, 0.4) is 0 Å². The average Bonchev–Trinajstić information content (AvgIpc) is 2.93. The lowest BCUT2D eigenvalue weighted by molar-refractivity contribution is 0.483. The monoisotopic (exact) mass is 422 g/mol. The van der Waals surface area contributed by atoms with E-state index in [1.807, 2.05) is 0 Å². The Morgan fingerprint density at radius 2 is 1.75 bits per heavy atom. The van der Waals surface area contributed by atoms with Gasteiger partial charge in [0.15, 0.2) is 0 Å². The summed E-state index contributed by atoms with van der Waals surface area (Å²) in [5.41, 5.74) is 2.41. The van der Waals surface area contributed by atoms with E-state index in [1.165, 1.54) is 41.7 Å². The van der Waals surface area contributed by atoms with E-state index >= 15 is 0 Å². The minimum absolute atomic E-state index is 0.110. The number of hydrogen-bond acceptors (Lipinski definition) is 6. The minimum atomic E-state index is -4.27. The Hall–Kier alpha value is -0.990. The van der Waals surface area contributed by atoms with Crippen molar-refractivity contribution in [3.05, 3.63) is 52.0 Å². The summed E-state index contributed by atoms with van der Waals surface area (Å²) >= 11 is 13.0. The smallest absolute Gasteiger partial charge is 0.299 e. The van der Waals surface area contributed by atoms with Gasteiger partial charge in [0.25, 0.3) is 18.5 Å². The molecular weight excluding hydrogens is 414 g/mol. The first-order valence-corrected chi connectivity index (χ1v) is 10.6. The molecule has 0 unspecified atom stereocenters. The average molecular weight is 423 g/mol. The van der Waals surface area contributed by atoms with Gasteiger partial charge in [-0.3, -0.25) is 0 Å². The van der Waals surface area contributed by atoms with Crippen molar-refractivity contribution in [1.82, 2.24) is 4.98 Å². The van der Waals surface area contributed by atoms with Gasteiger partial charge in [-0.25, -0.2) is 13.4 Å². The van der Waals surface area contributed by atoms with Crippen molar-refractivity contribution in [2.75, 3.05) is 4.08 Å². The molecule has 0 atom stereocenters. The van der Waals surface area contributed by atoms with E-state index in [-0.39, 0.29) is 20.6 Å². The third-order valence-electron chi connectivity index (χ3n) is 3.06. The fourth-order valence-corrected chi connectivity index (χ4v) is 5.97. The first-order valence-electron chi connectivity index (χ1n) is 6.31. The van der Waals surface area contributed by atoms with Crippen molar-refractivity contribution >= 4 is 69.0 Å². The summed E-state index contributed by atoms with van der Waals surface area (Å²) in [4.78, 5) is 23.3. The molecule has 6 nitrogen and oxygen atoms in total. The number of fused-ring (bicyclic) bond motifs is 1. The number of hydrogen-bond donors (Lipinski definition) is 2. The van der Waals surface area contributed by atoms with Gasteiger partial charge in [-0.2, -0.15) is 4.08 Å². The Morgan fingerprint density at radius 3 is 2.38 bits per heavy atom. The van der Waals surface area contributed by atoms with Crippen LogP contribution in [0.15, 0.2) is 46.8 Å². The normalized spacial score (nSPS) is 12.0. The van der Waals surface area contributed by atoms with E-state index in [0.717, 1.165) is 0 Å². The summed E-state index contributed by atoms with van der Waals surface area (Å²) in [5, 5.41) is 0.248. The molecule has 11 heteroatoms. The lowest BCUT2D eigenvalue weighted by Crippen LogP contribution is -2.26. The maximum Gasteiger partial charge on any atom is 0.299 e. The van der Waals surface area contributed by atoms with Crippen LogP contribution in [0.1, 0.15) is 0 Å². The fraction of sp³-hybridized carbons (Fsp3) is 0. The molecule has 0 radical (unpaired) electrons. The van der Waals surface area contributed by atoms with E-state index in [1.54, 1.807) is 11.6 Å². The van der Waals surface area contributed by atoms with Gasteiger partial charge in [0.1, 0.15) is 0 Å². The molecular formula is C13H9Cl2N2O4PS2. The van der Waals surface area contributed by atoms with E-state index in [0.29, 0.717) is 14.3 Å². The predicted octanol–water partition coefficient (Wildman–Crippen LogP) is 4.01. The van der Waals surface area contributed by atoms with Gasteiger partial charge in [-0.15, -0.1) is 11.3 Å². The molecule has 0 saturated heterocycles. The van der Waals surface area contributed by atoms with Gasteiger partial charge in [0, 0.05) is 10.0 Å². The third-order valence-corrected chi connectivity index (χ3v) is 7.42. The summed E-state index contributed by atoms with van der Waals surface area (Å²) in [6.07, 6.45) is 0. The van der Waals surface area contributed by atoms with Crippen molar-refractivity contribution in [3.8, 4) is 0 Å². The van der Waals surface area contributed by atoms with Gasteiger partial charge in [-0.05, 0) is 36.4 Å². The fourth-order valence-electron chi connectivity index (χ4n) is 2.08. The highest BCUT2D eigenvalue weighted by Gasteiger charge is 2.32. The number of benzene rings is 2. The second kappa shape index (κ2) is 6.72. The Bertz CT molecular complexity index is 990. The molecule has 0 aliphatic rings. The Morgan fingerprint density at radius 1 is 1.08 bits per heavy atom. The van der Waals surface area contributed by atoms with E-state index < -0.39 is 18.5 Å². The van der Waals surface area contributed by atoms with E-state index in [4.69, 9.17) is 23.2 Å². The molecule has 0 aliphatic carbocycles. The van der Waals surface area contributed by atoms with Gasteiger partial charge in [0.05, 0.1) is 26.3 Å².